The van der Waals surface area contributed by atoms with Crippen molar-refractivity contribution in [3.8, 4) is 0 Å². The first kappa shape index (κ1) is 19.7. The molecule has 0 radical (unpaired) electrons. The SMILES string of the molecule is CCC(C)(CC(=O)OC1(C)C2CC3CC(C2)CC1C3)CC(C)(C)C(=O)O. The lowest BCUT2D eigenvalue weighted by Gasteiger charge is -2.59. The van der Waals surface area contributed by atoms with Crippen LogP contribution in [0.2, 0.25) is 0 Å². The van der Waals surface area contributed by atoms with Gasteiger partial charge in [-0.15, -0.1) is 0 Å². The second-order valence-corrected chi connectivity index (χ2v) is 10.7. The topological polar surface area (TPSA) is 63.6 Å². The smallest absolute Gasteiger partial charge is 0.309 e. The summed E-state index contributed by atoms with van der Waals surface area (Å²) in [7, 11) is 0. The summed E-state index contributed by atoms with van der Waals surface area (Å²) >= 11 is 0. The average molecular weight is 365 g/mol. The highest BCUT2D eigenvalue weighted by molar-refractivity contribution is 5.74. The number of esters is 1. The fourth-order valence-electron chi connectivity index (χ4n) is 6.37. The Morgan fingerprint density at radius 2 is 1.54 bits per heavy atom. The first-order valence-electron chi connectivity index (χ1n) is 10.4. The molecule has 4 bridgehead atoms. The molecular weight excluding hydrogens is 328 g/mol. The quantitative estimate of drug-likeness (QED) is 0.642. The standard InChI is InChI=1S/C22H36O4/c1-6-21(4,13-20(2,3)19(24)25)12-18(23)26-22(5)16-8-14-7-15(10-16)11-17(22)9-14/h14-17H,6-13H2,1-5H3,(H,24,25). The van der Waals surface area contributed by atoms with Gasteiger partial charge in [-0.2, -0.15) is 0 Å². The van der Waals surface area contributed by atoms with E-state index in [2.05, 4.69) is 6.92 Å². The van der Waals surface area contributed by atoms with Crippen LogP contribution in [0.3, 0.4) is 0 Å². The van der Waals surface area contributed by atoms with Gasteiger partial charge in [0.15, 0.2) is 0 Å². The molecule has 0 aliphatic heterocycles. The predicted octanol–water partition coefficient (Wildman–Crippen LogP) is 5.05. The first-order valence-corrected chi connectivity index (χ1v) is 10.4. The average Bonchev–Trinajstić information content (AvgIpc) is 2.51. The number of hydrogen-bond acceptors (Lipinski definition) is 3. The zero-order valence-corrected chi connectivity index (χ0v) is 17.1. The van der Waals surface area contributed by atoms with Gasteiger partial charge in [0.05, 0.1) is 11.8 Å². The van der Waals surface area contributed by atoms with Crippen molar-refractivity contribution in [2.75, 3.05) is 0 Å². The minimum Gasteiger partial charge on any atom is -0.481 e. The van der Waals surface area contributed by atoms with Crippen LogP contribution in [-0.2, 0) is 14.3 Å². The molecule has 0 aromatic carbocycles. The Morgan fingerprint density at radius 3 is 1.96 bits per heavy atom. The summed E-state index contributed by atoms with van der Waals surface area (Å²) in [5.74, 6) is 1.80. The number of carboxylic acids is 1. The van der Waals surface area contributed by atoms with Crippen LogP contribution in [0, 0.1) is 34.5 Å². The molecule has 0 heterocycles. The van der Waals surface area contributed by atoms with Crippen LogP contribution in [0.5, 0.6) is 0 Å². The van der Waals surface area contributed by atoms with Crippen molar-refractivity contribution in [3.63, 3.8) is 0 Å². The Balaban J connectivity index is 1.67. The van der Waals surface area contributed by atoms with E-state index in [1.54, 1.807) is 13.8 Å². The third-order valence-corrected chi connectivity index (χ3v) is 7.97. The predicted molar refractivity (Wildman–Crippen MR) is 101 cm³/mol. The molecule has 4 fully saturated rings. The van der Waals surface area contributed by atoms with E-state index in [9.17, 15) is 14.7 Å². The van der Waals surface area contributed by atoms with Gasteiger partial charge in [-0.1, -0.05) is 20.3 Å². The van der Waals surface area contributed by atoms with Crippen molar-refractivity contribution in [2.24, 2.45) is 34.5 Å². The van der Waals surface area contributed by atoms with Crippen LogP contribution >= 0.6 is 0 Å². The maximum atomic E-state index is 12.9. The maximum absolute atomic E-state index is 12.9. The van der Waals surface area contributed by atoms with Gasteiger partial charge in [0.25, 0.3) is 0 Å². The largest absolute Gasteiger partial charge is 0.481 e. The highest BCUT2D eigenvalue weighted by atomic mass is 16.6. The normalized spacial score (nSPS) is 38.0. The van der Waals surface area contributed by atoms with Gasteiger partial charge in [0.2, 0.25) is 0 Å². The first-order chi connectivity index (χ1) is 12.0. The molecule has 0 aromatic rings. The number of ether oxygens (including phenoxy) is 1. The van der Waals surface area contributed by atoms with Crippen LogP contribution in [0.25, 0.3) is 0 Å². The Labute approximate surface area is 158 Å². The van der Waals surface area contributed by atoms with E-state index in [1.807, 2.05) is 13.8 Å². The van der Waals surface area contributed by atoms with Gasteiger partial charge >= 0.3 is 11.9 Å². The Bertz CT molecular complexity index is 551. The van der Waals surface area contributed by atoms with E-state index in [0.29, 0.717) is 24.7 Å². The lowest BCUT2D eigenvalue weighted by molar-refractivity contribution is -0.205. The molecule has 4 nitrogen and oxygen atoms in total. The van der Waals surface area contributed by atoms with E-state index in [-0.39, 0.29) is 17.0 Å². The molecule has 4 heteroatoms. The minimum atomic E-state index is -0.836. The van der Waals surface area contributed by atoms with Crippen molar-refractivity contribution in [1.29, 1.82) is 0 Å². The fraction of sp³-hybridized carbons (Fsp3) is 0.909. The van der Waals surface area contributed by atoms with Crippen LogP contribution in [0.4, 0.5) is 0 Å². The molecule has 4 saturated carbocycles. The lowest BCUT2D eigenvalue weighted by atomic mass is 9.50. The highest BCUT2D eigenvalue weighted by Gasteiger charge is 2.57. The Hall–Kier alpha value is -1.06. The molecule has 0 spiro atoms. The summed E-state index contributed by atoms with van der Waals surface area (Å²) in [5.41, 5.74) is -1.49. The maximum Gasteiger partial charge on any atom is 0.309 e. The molecule has 4 aliphatic rings. The summed E-state index contributed by atoms with van der Waals surface area (Å²) in [6, 6.07) is 0. The van der Waals surface area contributed by atoms with Crippen molar-refractivity contribution in [2.45, 2.75) is 91.6 Å². The lowest BCUT2D eigenvalue weighted by Crippen LogP contribution is -2.58. The number of carbonyl (C=O) groups is 2. The molecule has 1 unspecified atom stereocenters. The summed E-state index contributed by atoms with van der Waals surface area (Å²) < 4.78 is 6.20. The second kappa shape index (κ2) is 6.53. The molecule has 0 aromatic heterocycles. The van der Waals surface area contributed by atoms with Gasteiger partial charge in [-0.25, -0.2) is 0 Å². The zero-order valence-electron chi connectivity index (χ0n) is 17.1. The second-order valence-electron chi connectivity index (χ2n) is 10.7. The van der Waals surface area contributed by atoms with Crippen LogP contribution in [0.1, 0.15) is 86.0 Å². The van der Waals surface area contributed by atoms with Crippen molar-refractivity contribution < 1.29 is 19.4 Å². The summed E-state index contributed by atoms with van der Waals surface area (Å²) in [6.45, 7) is 9.72. The van der Waals surface area contributed by atoms with E-state index in [0.717, 1.165) is 18.3 Å². The van der Waals surface area contributed by atoms with Gasteiger partial charge < -0.3 is 9.84 Å². The van der Waals surface area contributed by atoms with Gasteiger partial charge in [-0.3, -0.25) is 9.59 Å². The van der Waals surface area contributed by atoms with Gasteiger partial charge in [0, 0.05) is 0 Å². The number of rotatable bonds is 7. The molecule has 0 saturated heterocycles. The summed E-state index contributed by atoms with van der Waals surface area (Å²) in [4.78, 5) is 24.4. The molecular formula is C22H36O4. The Morgan fingerprint density at radius 1 is 1.04 bits per heavy atom. The molecule has 1 atom stereocenters. The summed E-state index contributed by atoms with van der Waals surface area (Å²) in [6.07, 6.45) is 7.81. The molecule has 4 rings (SSSR count). The van der Waals surface area contributed by atoms with Crippen molar-refractivity contribution in [1.82, 2.24) is 0 Å². The van der Waals surface area contributed by atoms with Gasteiger partial charge in [-0.05, 0) is 88.4 Å². The molecule has 148 valence electrons. The number of carbonyl (C=O) groups excluding carboxylic acids is 1. The van der Waals surface area contributed by atoms with E-state index in [4.69, 9.17) is 4.74 Å². The van der Waals surface area contributed by atoms with E-state index >= 15 is 0 Å². The number of aliphatic carboxylic acids is 1. The third-order valence-electron chi connectivity index (χ3n) is 7.97. The molecule has 1 N–H and O–H groups in total. The van der Waals surface area contributed by atoms with Crippen LogP contribution in [-0.4, -0.2) is 22.6 Å². The van der Waals surface area contributed by atoms with E-state index in [1.165, 1.54) is 32.1 Å². The number of hydrogen-bond donors (Lipinski definition) is 1. The molecule has 26 heavy (non-hydrogen) atoms. The van der Waals surface area contributed by atoms with Crippen molar-refractivity contribution >= 4 is 11.9 Å². The van der Waals surface area contributed by atoms with Crippen LogP contribution < -0.4 is 0 Å². The molecule has 4 aliphatic carbocycles. The van der Waals surface area contributed by atoms with Crippen LogP contribution in [0.15, 0.2) is 0 Å². The van der Waals surface area contributed by atoms with E-state index < -0.39 is 11.4 Å². The fourth-order valence-corrected chi connectivity index (χ4v) is 6.37. The third kappa shape index (κ3) is 3.53. The van der Waals surface area contributed by atoms with Crippen molar-refractivity contribution in [3.05, 3.63) is 0 Å². The Kier molecular flexibility index (Phi) is 4.94. The molecule has 0 amide bonds. The zero-order chi connectivity index (χ0) is 19.3. The number of carboxylic acid groups (broad SMARTS) is 1. The summed E-state index contributed by atoms with van der Waals surface area (Å²) in [5, 5.41) is 9.46. The monoisotopic (exact) mass is 364 g/mol. The van der Waals surface area contributed by atoms with Gasteiger partial charge in [0.1, 0.15) is 5.60 Å². The minimum absolute atomic E-state index is 0.134. The highest BCUT2D eigenvalue weighted by Crippen LogP contribution is 2.59.